The molecule has 0 heterocycles. The Balaban J connectivity index is 2.61. The third-order valence-corrected chi connectivity index (χ3v) is 2.57. The summed E-state index contributed by atoms with van der Waals surface area (Å²) in [7, 11) is 0. The highest BCUT2D eigenvalue weighted by molar-refractivity contribution is 6.31. The molecular weight excluding hydrogens is 240 g/mol. The SMILES string of the molecule is CC(C)=CCNCc1ccc([N+](=O)[O-])cc1Cl. The number of nitrogens with zero attached hydrogens (tertiary/aromatic N) is 1. The van der Waals surface area contributed by atoms with Crippen LogP contribution in [-0.4, -0.2) is 11.5 Å². The Morgan fingerprint density at radius 1 is 1.53 bits per heavy atom. The molecule has 0 aliphatic rings. The van der Waals surface area contributed by atoms with Crippen molar-refractivity contribution < 1.29 is 4.92 Å². The summed E-state index contributed by atoms with van der Waals surface area (Å²) in [5.41, 5.74) is 2.12. The second-order valence-corrected chi connectivity index (χ2v) is 4.35. The lowest BCUT2D eigenvalue weighted by atomic mass is 10.2. The van der Waals surface area contributed by atoms with Gasteiger partial charge in [0.05, 0.1) is 9.95 Å². The highest BCUT2D eigenvalue weighted by Gasteiger charge is 2.08. The summed E-state index contributed by atoms with van der Waals surface area (Å²) in [4.78, 5) is 10.1. The summed E-state index contributed by atoms with van der Waals surface area (Å²) in [5.74, 6) is 0. The Kier molecular flexibility index (Phi) is 5.12. The number of hydrogen-bond acceptors (Lipinski definition) is 3. The number of non-ortho nitro benzene ring substituents is 1. The van der Waals surface area contributed by atoms with Gasteiger partial charge in [-0.1, -0.05) is 23.3 Å². The van der Waals surface area contributed by atoms with Crippen LogP contribution in [0.15, 0.2) is 29.8 Å². The zero-order valence-electron chi connectivity index (χ0n) is 9.87. The van der Waals surface area contributed by atoms with Crippen LogP contribution in [-0.2, 0) is 6.54 Å². The van der Waals surface area contributed by atoms with E-state index in [1.807, 2.05) is 13.8 Å². The van der Waals surface area contributed by atoms with E-state index in [2.05, 4.69) is 11.4 Å². The van der Waals surface area contributed by atoms with E-state index in [0.29, 0.717) is 11.6 Å². The Morgan fingerprint density at radius 2 is 2.24 bits per heavy atom. The minimum atomic E-state index is -0.452. The van der Waals surface area contributed by atoms with Crippen LogP contribution in [0.2, 0.25) is 5.02 Å². The summed E-state index contributed by atoms with van der Waals surface area (Å²) in [5, 5.41) is 14.1. The number of nitro benzene ring substituents is 1. The third-order valence-electron chi connectivity index (χ3n) is 2.22. The predicted octanol–water partition coefficient (Wildman–Crippen LogP) is 3.30. The molecule has 0 saturated heterocycles. The molecule has 0 aliphatic carbocycles. The number of rotatable bonds is 5. The maximum absolute atomic E-state index is 10.5. The van der Waals surface area contributed by atoms with Crippen molar-refractivity contribution in [2.75, 3.05) is 6.54 Å². The zero-order valence-corrected chi connectivity index (χ0v) is 10.6. The summed E-state index contributed by atoms with van der Waals surface area (Å²) < 4.78 is 0. The Labute approximate surface area is 105 Å². The van der Waals surface area contributed by atoms with Crippen molar-refractivity contribution in [3.63, 3.8) is 0 Å². The monoisotopic (exact) mass is 254 g/mol. The molecule has 17 heavy (non-hydrogen) atoms. The number of nitrogens with one attached hydrogen (secondary N) is 1. The lowest BCUT2D eigenvalue weighted by Crippen LogP contribution is -2.13. The average molecular weight is 255 g/mol. The minimum Gasteiger partial charge on any atom is -0.309 e. The maximum atomic E-state index is 10.5. The van der Waals surface area contributed by atoms with Crippen LogP contribution >= 0.6 is 11.6 Å². The third kappa shape index (κ3) is 4.54. The van der Waals surface area contributed by atoms with E-state index < -0.39 is 4.92 Å². The molecule has 0 amide bonds. The van der Waals surface area contributed by atoms with Gasteiger partial charge in [0.2, 0.25) is 0 Å². The average Bonchev–Trinajstić information content (AvgIpc) is 2.25. The van der Waals surface area contributed by atoms with Crippen LogP contribution in [0.4, 0.5) is 5.69 Å². The van der Waals surface area contributed by atoms with Crippen molar-refractivity contribution >= 4 is 17.3 Å². The second-order valence-electron chi connectivity index (χ2n) is 3.95. The quantitative estimate of drug-likeness (QED) is 0.380. The van der Waals surface area contributed by atoms with Gasteiger partial charge >= 0.3 is 0 Å². The molecule has 1 N–H and O–H groups in total. The molecule has 1 aromatic carbocycles. The van der Waals surface area contributed by atoms with Gasteiger partial charge in [-0.3, -0.25) is 10.1 Å². The van der Waals surface area contributed by atoms with Crippen LogP contribution in [0.5, 0.6) is 0 Å². The number of hydrogen-bond donors (Lipinski definition) is 1. The summed E-state index contributed by atoms with van der Waals surface area (Å²) >= 11 is 5.96. The molecule has 0 radical (unpaired) electrons. The topological polar surface area (TPSA) is 55.2 Å². The molecule has 0 fully saturated rings. The van der Waals surface area contributed by atoms with Crippen molar-refractivity contribution in [2.24, 2.45) is 0 Å². The van der Waals surface area contributed by atoms with Crippen molar-refractivity contribution in [1.82, 2.24) is 5.32 Å². The molecule has 1 rings (SSSR count). The lowest BCUT2D eigenvalue weighted by molar-refractivity contribution is -0.384. The fourth-order valence-electron chi connectivity index (χ4n) is 1.28. The van der Waals surface area contributed by atoms with Gasteiger partial charge in [0.15, 0.2) is 0 Å². The first-order valence-corrected chi connectivity index (χ1v) is 5.65. The van der Waals surface area contributed by atoms with E-state index >= 15 is 0 Å². The van der Waals surface area contributed by atoms with Crippen molar-refractivity contribution in [1.29, 1.82) is 0 Å². The summed E-state index contributed by atoms with van der Waals surface area (Å²) in [6.45, 7) is 5.41. The fraction of sp³-hybridized carbons (Fsp3) is 0.333. The van der Waals surface area contributed by atoms with E-state index in [1.165, 1.54) is 17.7 Å². The highest BCUT2D eigenvalue weighted by atomic mass is 35.5. The van der Waals surface area contributed by atoms with Gasteiger partial charge in [-0.2, -0.15) is 0 Å². The van der Waals surface area contributed by atoms with E-state index in [-0.39, 0.29) is 5.69 Å². The van der Waals surface area contributed by atoms with Crippen LogP contribution in [0.1, 0.15) is 19.4 Å². The first-order valence-electron chi connectivity index (χ1n) is 5.27. The molecule has 0 aromatic heterocycles. The van der Waals surface area contributed by atoms with Crippen molar-refractivity contribution in [3.8, 4) is 0 Å². The second kappa shape index (κ2) is 6.37. The maximum Gasteiger partial charge on any atom is 0.270 e. The molecule has 1 aromatic rings. The molecule has 4 nitrogen and oxygen atoms in total. The van der Waals surface area contributed by atoms with Crippen LogP contribution in [0, 0.1) is 10.1 Å². The number of nitro groups is 1. The van der Waals surface area contributed by atoms with Gasteiger partial charge in [0.25, 0.3) is 5.69 Å². The van der Waals surface area contributed by atoms with E-state index in [4.69, 9.17) is 11.6 Å². The Hall–Kier alpha value is -1.39. The molecule has 0 unspecified atom stereocenters. The minimum absolute atomic E-state index is 0.0167. The van der Waals surface area contributed by atoms with Crippen LogP contribution in [0.3, 0.4) is 0 Å². The van der Waals surface area contributed by atoms with Crippen molar-refractivity contribution in [3.05, 3.63) is 50.5 Å². The van der Waals surface area contributed by atoms with Gasteiger partial charge in [0, 0.05) is 25.2 Å². The van der Waals surface area contributed by atoms with Crippen LogP contribution < -0.4 is 5.32 Å². The molecule has 92 valence electrons. The van der Waals surface area contributed by atoms with Crippen LogP contribution in [0.25, 0.3) is 0 Å². The number of halogens is 1. The molecule has 0 atom stereocenters. The van der Waals surface area contributed by atoms with Gasteiger partial charge < -0.3 is 5.32 Å². The van der Waals surface area contributed by atoms with E-state index in [1.54, 1.807) is 6.07 Å². The van der Waals surface area contributed by atoms with Gasteiger partial charge in [-0.15, -0.1) is 0 Å². The van der Waals surface area contributed by atoms with Gasteiger partial charge in [-0.25, -0.2) is 0 Å². The van der Waals surface area contributed by atoms with Crippen molar-refractivity contribution in [2.45, 2.75) is 20.4 Å². The molecule has 0 bridgehead atoms. The number of allylic oxidation sites excluding steroid dienone is 1. The fourth-order valence-corrected chi connectivity index (χ4v) is 1.52. The highest BCUT2D eigenvalue weighted by Crippen LogP contribution is 2.22. The molecule has 0 aliphatic heterocycles. The van der Waals surface area contributed by atoms with E-state index in [9.17, 15) is 10.1 Å². The van der Waals surface area contributed by atoms with Gasteiger partial charge in [0.1, 0.15) is 0 Å². The standard InChI is InChI=1S/C12H15ClN2O2/c1-9(2)5-6-14-8-10-3-4-11(15(16)17)7-12(10)13/h3-5,7,14H,6,8H2,1-2H3. The summed E-state index contributed by atoms with van der Waals surface area (Å²) in [6, 6.07) is 4.51. The first-order chi connectivity index (χ1) is 8.00. The zero-order chi connectivity index (χ0) is 12.8. The normalized spacial score (nSPS) is 10.1. The van der Waals surface area contributed by atoms with E-state index in [0.717, 1.165) is 12.1 Å². The predicted molar refractivity (Wildman–Crippen MR) is 69.2 cm³/mol. The molecular formula is C12H15ClN2O2. The largest absolute Gasteiger partial charge is 0.309 e. The Bertz CT molecular complexity index is 440. The lowest BCUT2D eigenvalue weighted by Gasteiger charge is -2.04. The number of benzene rings is 1. The first kappa shape index (κ1) is 13.7. The smallest absolute Gasteiger partial charge is 0.270 e. The Morgan fingerprint density at radius 3 is 2.76 bits per heavy atom. The summed E-state index contributed by atoms with van der Waals surface area (Å²) in [6.07, 6.45) is 2.07. The molecule has 0 spiro atoms. The van der Waals surface area contributed by atoms with Gasteiger partial charge in [-0.05, 0) is 25.5 Å². The molecule has 5 heteroatoms. The molecule has 0 saturated carbocycles.